The van der Waals surface area contributed by atoms with Gasteiger partial charge >= 0.3 is 0 Å². The fourth-order valence-corrected chi connectivity index (χ4v) is 2.51. The van der Waals surface area contributed by atoms with Crippen molar-refractivity contribution in [3.63, 3.8) is 0 Å². The summed E-state index contributed by atoms with van der Waals surface area (Å²) >= 11 is 0. The van der Waals surface area contributed by atoms with Crippen molar-refractivity contribution in [3.05, 3.63) is 83.2 Å². The molecule has 3 rings (SSSR count). The number of rotatable bonds is 4. The lowest BCUT2D eigenvalue weighted by Gasteiger charge is -2.09. The van der Waals surface area contributed by atoms with E-state index in [0.717, 1.165) is 22.6 Å². The zero-order valence-corrected chi connectivity index (χ0v) is 14.6. The number of hydrogen-bond donors (Lipinski definition) is 2. The van der Waals surface area contributed by atoms with E-state index in [9.17, 15) is 4.79 Å². The van der Waals surface area contributed by atoms with Crippen molar-refractivity contribution in [1.29, 1.82) is 0 Å². The zero-order chi connectivity index (χ0) is 17.8. The quantitative estimate of drug-likeness (QED) is 0.707. The monoisotopic (exact) mass is 331 g/mol. The fraction of sp³-hybridized carbons (Fsp3) is 0.143. The van der Waals surface area contributed by atoms with Gasteiger partial charge in [0, 0.05) is 11.4 Å². The number of amides is 1. The van der Waals surface area contributed by atoms with E-state index in [2.05, 4.69) is 21.7 Å². The topological polar surface area (TPSA) is 54.0 Å². The van der Waals surface area contributed by atoms with Crippen LogP contribution in [-0.2, 0) is 0 Å². The van der Waals surface area contributed by atoms with Gasteiger partial charge in [-0.1, -0.05) is 18.2 Å². The van der Waals surface area contributed by atoms with E-state index in [1.165, 1.54) is 11.1 Å². The summed E-state index contributed by atoms with van der Waals surface area (Å²) in [6.45, 7) is 6.11. The molecule has 0 aliphatic heterocycles. The van der Waals surface area contributed by atoms with Crippen molar-refractivity contribution < 1.29 is 4.79 Å². The van der Waals surface area contributed by atoms with Gasteiger partial charge in [-0.05, 0) is 73.9 Å². The van der Waals surface area contributed by atoms with Gasteiger partial charge in [-0.25, -0.2) is 4.98 Å². The van der Waals surface area contributed by atoms with Crippen LogP contribution in [0.25, 0.3) is 0 Å². The van der Waals surface area contributed by atoms with Crippen molar-refractivity contribution >= 4 is 23.0 Å². The van der Waals surface area contributed by atoms with Crippen molar-refractivity contribution in [1.82, 2.24) is 4.98 Å². The third-order valence-corrected chi connectivity index (χ3v) is 4.07. The molecule has 2 N–H and O–H groups in total. The molecule has 0 unspecified atom stereocenters. The molecule has 3 aromatic rings. The smallest absolute Gasteiger partial charge is 0.274 e. The molecular formula is C21H21N3O. The molecule has 0 saturated carbocycles. The molecule has 0 bridgehead atoms. The van der Waals surface area contributed by atoms with Gasteiger partial charge in [0.05, 0.1) is 11.9 Å². The molecule has 0 aliphatic rings. The zero-order valence-electron chi connectivity index (χ0n) is 14.6. The van der Waals surface area contributed by atoms with E-state index >= 15 is 0 Å². The Bertz CT molecular complexity index is 901. The van der Waals surface area contributed by atoms with Crippen molar-refractivity contribution in [2.45, 2.75) is 20.8 Å². The van der Waals surface area contributed by atoms with Crippen molar-refractivity contribution in [2.75, 3.05) is 10.6 Å². The summed E-state index contributed by atoms with van der Waals surface area (Å²) in [5.74, 6) is -0.217. The van der Waals surface area contributed by atoms with Gasteiger partial charge in [0.2, 0.25) is 0 Å². The maximum Gasteiger partial charge on any atom is 0.274 e. The summed E-state index contributed by atoms with van der Waals surface area (Å²) in [5, 5.41) is 6.16. The average molecular weight is 331 g/mol. The van der Waals surface area contributed by atoms with E-state index in [-0.39, 0.29) is 5.91 Å². The van der Waals surface area contributed by atoms with Gasteiger partial charge in [0.15, 0.2) is 0 Å². The molecule has 2 aromatic carbocycles. The Morgan fingerprint density at radius 2 is 1.64 bits per heavy atom. The van der Waals surface area contributed by atoms with E-state index in [1.54, 1.807) is 12.3 Å². The first kappa shape index (κ1) is 16.7. The summed E-state index contributed by atoms with van der Waals surface area (Å²) in [6.07, 6.45) is 1.66. The third-order valence-electron chi connectivity index (χ3n) is 4.07. The number of anilines is 3. The van der Waals surface area contributed by atoms with E-state index in [1.807, 2.05) is 63.2 Å². The van der Waals surface area contributed by atoms with Crippen LogP contribution in [0.1, 0.15) is 27.2 Å². The van der Waals surface area contributed by atoms with Gasteiger partial charge in [-0.3, -0.25) is 4.79 Å². The molecule has 126 valence electrons. The SMILES string of the molecule is Cc1cccc(Nc2ccc(C(=O)Nc3ccc(C)c(C)c3)nc2)c1. The van der Waals surface area contributed by atoms with Crippen LogP contribution in [-0.4, -0.2) is 10.9 Å². The first-order valence-electron chi connectivity index (χ1n) is 8.19. The second-order valence-electron chi connectivity index (χ2n) is 6.18. The maximum absolute atomic E-state index is 12.3. The van der Waals surface area contributed by atoms with Crippen LogP contribution >= 0.6 is 0 Å². The normalized spacial score (nSPS) is 10.4. The molecule has 25 heavy (non-hydrogen) atoms. The molecule has 4 nitrogen and oxygen atoms in total. The Balaban J connectivity index is 1.68. The Kier molecular flexibility index (Phi) is 4.80. The van der Waals surface area contributed by atoms with Gasteiger partial charge in [-0.2, -0.15) is 0 Å². The minimum Gasteiger partial charge on any atom is -0.354 e. The lowest BCUT2D eigenvalue weighted by Crippen LogP contribution is -2.13. The molecule has 1 amide bonds. The second-order valence-corrected chi connectivity index (χ2v) is 6.18. The fourth-order valence-electron chi connectivity index (χ4n) is 2.51. The summed E-state index contributed by atoms with van der Waals surface area (Å²) in [4.78, 5) is 16.6. The van der Waals surface area contributed by atoms with Gasteiger partial charge in [-0.15, -0.1) is 0 Å². The lowest BCUT2D eigenvalue weighted by atomic mass is 10.1. The number of benzene rings is 2. The Morgan fingerprint density at radius 1 is 0.840 bits per heavy atom. The highest BCUT2D eigenvalue weighted by atomic mass is 16.1. The summed E-state index contributed by atoms with van der Waals surface area (Å²) in [5.41, 5.74) is 6.51. The molecule has 1 heterocycles. The molecule has 4 heteroatoms. The average Bonchev–Trinajstić information content (AvgIpc) is 2.59. The molecule has 0 saturated heterocycles. The van der Waals surface area contributed by atoms with Crippen molar-refractivity contribution in [2.24, 2.45) is 0 Å². The molecular weight excluding hydrogens is 310 g/mol. The van der Waals surface area contributed by atoms with Crippen LogP contribution in [0, 0.1) is 20.8 Å². The van der Waals surface area contributed by atoms with Crippen LogP contribution < -0.4 is 10.6 Å². The first-order valence-corrected chi connectivity index (χ1v) is 8.19. The summed E-state index contributed by atoms with van der Waals surface area (Å²) in [7, 11) is 0. The standard InChI is InChI=1S/C21H21N3O/c1-14-5-4-6-17(11-14)23-19-9-10-20(22-13-19)21(25)24-18-8-7-15(2)16(3)12-18/h4-13,23H,1-3H3,(H,24,25). The number of hydrogen-bond acceptors (Lipinski definition) is 3. The van der Waals surface area contributed by atoms with Gasteiger partial charge in [0.1, 0.15) is 5.69 Å². The van der Waals surface area contributed by atoms with Crippen LogP contribution in [0.15, 0.2) is 60.8 Å². The van der Waals surface area contributed by atoms with Gasteiger partial charge in [0.25, 0.3) is 5.91 Å². The molecule has 0 aliphatic carbocycles. The third kappa shape index (κ3) is 4.23. The molecule has 0 spiro atoms. The number of carbonyl (C=O) groups excluding carboxylic acids is 1. The number of aromatic nitrogens is 1. The number of pyridine rings is 1. The highest BCUT2D eigenvalue weighted by molar-refractivity contribution is 6.03. The number of carbonyl (C=O) groups is 1. The number of nitrogens with one attached hydrogen (secondary N) is 2. The Hall–Kier alpha value is -3.14. The Morgan fingerprint density at radius 3 is 2.32 bits per heavy atom. The minimum absolute atomic E-state index is 0.217. The molecule has 0 fully saturated rings. The van der Waals surface area contributed by atoms with Crippen molar-refractivity contribution in [3.8, 4) is 0 Å². The maximum atomic E-state index is 12.3. The van der Waals surface area contributed by atoms with E-state index < -0.39 is 0 Å². The minimum atomic E-state index is -0.217. The highest BCUT2D eigenvalue weighted by Gasteiger charge is 2.08. The second kappa shape index (κ2) is 7.18. The van der Waals surface area contributed by atoms with Gasteiger partial charge < -0.3 is 10.6 Å². The summed E-state index contributed by atoms with van der Waals surface area (Å²) in [6, 6.07) is 17.5. The molecule has 0 radical (unpaired) electrons. The lowest BCUT2D eigenvalue weighted by molar-refractivity contribution is 0.102. The largest absolute Gasteiger partial charge is 0.354 e. The molecule has 1 aromatic heterocycles. The molecule has 0 atom stereocenters. The van der Waals surface area contributed by atoms with E-state index in [4.69, 9.17) is 0 Å². The van der Waals surface area contributed by atoms with Crippen LogP contribution in [0.2, 0.25) is 0 Å². The first-order chi connectivity index (χ1) is 12.0. The van der Waals surface area contributed by atoms with Crippen LogP contribution in [0.3, 0.4) is 0 Å². The number of nitrogens with zero attached hydrogens (tertiary/aromatic N) is 1. The van der Waals surface area contributed by atoms with E-state index in [0.29, 0.717) is 5.69 Å². The summed E-state index contributed by atoms with van der Waals surface area (Å²) < 4.78 is 0. The Labute approximate surface area is 147 Å². The van der Waals surface area contributed by atoms with Crippen LogP contribution in [0.4, 0.5) is 17.1 Å². The van der Waals surface area contributed by atoms with Crippen LogP contribution in [0.5, 0.6) is 0 Å². The predicted molar refractivity (Wildman–Crippen MR) is 103 cm³/mol. The number of aryl methyl sites for hydroxylation is 3. The predicted octanol–water partition coefficient (Wildman–Crippen LogP) is 5.00. The highest BCUT2D eigenvalue weighted by Crippen LogP contribution is 2.18.